The molecule has 3 rings (SSSR count). The maximum Gasteiger partial charge on any atom is 0.0454 e. The van der Waals surface area contributed by atoms with Gasteiger partial charge in [-0.3, -0.25) is 4.90 Å². The van der Waals surface area contributed by atoms with Crippen molar-refractivity contribution in [2.45, 2.75) is 19.4 Å². The summed E-state index contributed by atoms with van der Waals surface area (Å²) in [5.74, 6) is 1.67. The van der Waals surface area contributed by atoms with Crippen LogP contribution in [0.5, 0.6) is 0 Å². The molecule has 104 valence electrons. The summed E-state index contributed by atoms with van der Waals surface area (Å²) < 4.78 is 0. The molecule has 1 N–H and O–H groups in total. The van der Waals surface area contributed by atoms with Crippen LogP contribution in [-0.2, 0) is 0 Å². The van der Waals surface area contributed by atoms with E-state index in [2.05, 4.69) is 17.1 Å². The fourth-order valence-corrected chi connectivity index (χ4v) is 3.90. The third kappa shape index (κ3) is 2.78. The van der Waals surface area contributed by atoms with E-state index in [1.807, 2.05) is 18.2 Å². The van der Waals surface area contributed by atoms with Crippen molar-refractivity contribution in [3.63, 3.8) is 0 Å². The standard InChI is InChI=1S/C15H20Cl2N2/c1-10(14-6-13(16)2-3-15(14)17)19-5-4-11-7-18-8-12(11)9-19/h2-3,6,10-12,18H,4-5,7-9H2,1H3. The van der Waals surface area contributed by atoms with Crippen LogP contribution in [0.15, 0.2) is 18.2 Å². The van der Waals surface area contributed by atoms with E-state index < -0.39 is 0 Å². The van der Waals surface area contributed by atoms with Crippen molar-refractivity contribution in [1.29, 1.82) is 0 Å². The molecule has 2 fully saturated rings. The zero-order valence-corrected chi connectivity index (χ0v) is 12.7. The van der Waals surface area contributed by atoms with Crippen molar-refractivity contribution >= 4 is 23.2 Å². The molecule has 0 aromatic heterocycles. The Kier molecular flexibility index (Phi) is 4.04. The van der Waals surface area contributed by atoms with Crippen LogP contribution in [0.1, 0.15) is 24.9 Å². The van der Waals surface area contributed by atoms with Gasteiger partial charge in [-0.15, -0.1) is 0 Å². The lowest BCUT2D eigenvalue weighted by Crippen LogP contribution is -2.41. The molecule has 0 amide bonds. The van der Waals surface area contributed by atoms with Gasteiger partial charge in [0.1, 0.15) is 0 Å². The summed E-state index contributed by atoms with van der Waals surface area (Å²) in [6, 6.07) is 6.10. The lowest BCUT2D eigenvalue weighted by Gasteiger charge is -2.38. The highest BCUT2D eigenvalue weighted by molar-refractivity contribution is 6.33. The molecular formula is C15H20Cl2N2. The molecule has 1 aromatic carbocycles. The number of nitrogens with zero attached hydrogens (tertiary/aromatic N) is 1. The molecule has 4 heteroatoms. The molecule has 0 aliphatic carbocycles. The van der Waals surface area contributed by atoms with Gasteiger partial charge in [0.2, 0.25) is 0 Å². The van der Waals surface area contributed by atoms with Crippen molar-refractivity contribution in [3.05, 3.63) is 33.8 Å². The Morgan fingerprint density at radius 2 is 2.05 bits per heavy atom. The van der Waals surface area contributed by atoms with Crippen LogP contribution in [-0.4, -0.2) is 31.1 Å². The number of hydrogen-bond donors (Lipinski definition) is 1. The Hall–Kier alpha value is -0.280. The molecule has 2 aliphatic rings. The second-order valence-corrected chi connectivity index (χ2v) is 6.65. The smallest absolute Gasteiger partial charge is 0.0454 e. The van der Waals surface area contributed by atoms with E-state index in [4.69, 9.17) is 23.2 Å². The van der Waals surface area contributed by atoms with Gasteiger partial charge in [0.25, 0.3) is 0 Å². The third-order valence-corrected chi connectivity index (χ3v) is 5.27. The molecule has 2 saturated heterocycles. The van der Waals surface area contributed by atoms with E-state index in [0.29, 0.717) is 6.04 Å². The first-order chi connectivity index (χ1) is 9.15. The Labute approximate surface area is 125 Å². The van der Waals surface area contributed by atoms with Gasteiger partial charge < -0.3 is 5.32 Å². The highest BCUT2D eigenvalue weighted by atomic mass is 35.5. The minimum Gasteiger partial charge on any atom is -0.316 e. The molecular weight excluding hydrogens is 279 g/mol. The first kappa shape index (κ1) is 13.7. The summed E-state index contributed by atoms with van der Waals surface area (Å²) in [6.07, 6.45) is 1.29. The number of benzene rings is 1. The fraction of sp³-hybridized carbons (Fsp3) is 0.600. The maximum absolute atomic E-state index is 6.32. The van der Waals surface area contributed by atoms with Crippen molar-refractivity contribution in [1.82, 2.24) is 10.2 Å². The molecule has 2 heterocycles. The third-order valence-electron chi connectivity index (χ3n) is 4.69. The molecule has 2 nitrogen and oxygen atoms in total. The van der Waals surface area contributed by atoms with Gasteiger partial charge >= 0.3 is 0 Å². The number of hydrogen-bond acceptors (Lipinski definition) is 2. The van der Waals surface area contributed by atoms with Gasteiger partial charge in [-0.05, 0) is 68.6 Å². The average molecular weight is 299 g/mol. The number of nitrogens with one attached hydrogen (secondary N) is 1. The maximum atomic E-state index is 6.32. The minimum atomic E-state index is 0.341. The van der Waals surface area contributed by atoms with E-state index in [1.165, 1.54) is 19.5 Å². The molecule has 0 spiro atoms. The second-order valence-electron chi connectivity index (χ2n) is 5.80. The quantitative estimate of drug-likeness (QED) is 0.897. The second kappa shape index (κ2) is 5.61. The van der Waals surface area contributed by atoms with Gasteiger partial charge in [-0.2, -0.15) is 0 Å². The largest absolute Gasteiger partial charge is 0.316 e. The van der Waals surface area contributed by atoms with Crippen LogP contribution in [0.3, 0.4) is 0 Å². The molecule has 0 radical (unpaired) electrons. The molecule has 2 aliphatic heterocycles. The summed E-state index contributed by atoms with van der Waals surface area (Å²) in [6.45, 7) is 6.93. The van der Waals surface area contributed by atoms with E-state index in [9.17, 15) is 0 Å². The lowest BCUT2D eigenvalue weighted by atomic mass is 9.87. The molecule has 19 heavy (non-hydrogen) atoms. The topological polar surface area (TPSA) is 15.3 Å². The first-order valence-electron chi connectivity index (χ1n) is 7.05. The van der Waals surface area contributed by atoms with E-state index in [-0.39, 0.29) is 0 Å². The van der Waals surface area contributed by atoms with Crippen LogP contribution < -0.4 is 5.32 Å². The summed E-state index contributed by atoms with van der Waals surface area (Å²) in [5.41, 5.74) is 1.15. The highest BCUT2D eigenvalue weighted by Gasteiger charge is 2.34. The summed E-state index contributed by atoms with van der Waals surface area (Å²) in [7, 11) is 0. The zero-order chi connectivity index (χ0) is 13.4. The first-order valence-corrected chi connectivity index (χ1v) is 7.80. The summed E-state index contributed by atoms with van der Waals surface area (Å²) in [4.78, 5) is 2.55. The van der Waals surface area contributed by atoms with Crippen LogP contribution in [0.2, 0.25) is 10.0 Å². The predicted octanol–water partition coefficient (Wildman–Crippen LogP) is 3.60. The Morgan fingerprint density at radius 1 is 1.26 bits per heavy atom. The molecule has 0 bridgehead atoms. The number of fused-ring (bicyclic) bond motifs is 1. The number of halogens is 2. The van der Waals surface area contributed by atoms with E-state index >= 15 is 0 Å². The predicted molar refractivity (Wildman–Crippen MR) is 80.9 cm³/mol. The lowest BCUT2D eigenvalue weighted by molar-refractivity contribution is 0.111. The number of rotatable bonds is 2. The van der Waals surface area contributed by atoms with Crippen molar-refractivity contribution < 1.29 is 0 Å². The monoisotopic (exact) mass is 298 g/mol. The van der Waals surface area contributed by atoms with Crippen molar-refractivity contribution in [2.24, 2.45) is 11.8 Å². The summed E-state index contributed by atoms with van der Waals surface area (Å²) >= 11 is 12.4. The zero-order valence-electron chi connectivity index (χ0n) is 11.2. The molecule has 3 atom stereocenters. The number of piperidine rings is 1. The SMILES string of the molecule is CC(c1cc(Cl)ccc1Cl)N1CCC2CNCC2C1. The summed E-state index contributed by atoms with van der Waals surface area (Å²) in [5, 5.41) is 5.10. The molecule has 3 unspecified atom stereocenters. The normalized spacial score (nSPS) is 29.2. The number of likely N-dealkylation sites (tertiary alicyclic amines) is 1. The van der Waals surface area contributed by atoms with E-state index in [1.54, 1.807) is 0 Å². The van der Waals surface area contributed by atoms with Gasteiger partial charge in [0.15, 0.2) is 0 Å². The molecule has 1 aromatic rings. The Bertz CT molecular complexity index is 463. The fourth-order valence-electron chi connectivity index (χ4n) is 3.45. The Morgan fingerprint density at radius 3 is 2.89 bits per heavy atom. The molecule has 0 saturated carbocycles. The van der Waals surface area contributed by atoms with Gasteiger partial charge in [-0.25, -0.2) is 0 Å². The van der Waals surface area contributed by atoms with Crippen LogP contribution >= 0.6 is 23.2 Å². The van der Waals surface area contributed by atoms with Gasteiger partial charge in [-0.1, -0.05) is 23.2 Å². The van der Waals surface area contributed by atoms with E-state index in [0.717, 1.165) is 40.5 Å². The van der Waals surface area contributed by atoms with Crippen molar-refractivity contribution in [2.75, 3.05) is 26.2 Å². The van der Waals surface area contributed by atoms with Crippen LogP contribution in [0.4, 0.5) is 0 Å². The van der Waals surface area contributed by atoms with Gasteiger partial charge in [0, 0.05) is 22.6 Å². The Balaban J connectivity index is 1.76. The minimum absolute atomic E-state index is 0.341. The van der Waals surface area contributed by atoms with Crippen LogP contribution in [0.25, 0.3) is 0 Å². The van der Waals surface area contributed by atoms with Crippen molar-refractivity contribution in [3.8, 4) is 0 Å². The van der Waals surface area contributed by atoms with Gasteiger partial charge in [0.05, 0.1) is 0 Å². The average Bonchev–Trinajstić information content (AvgIpc) is 2.88. The highest BCUT2D eigenvalue weighted by Crippen LogP contribution is 2.35. The van der Waals surface area contributed by atoms with Crippen LogP contribution in [0, 0.1) is 11.8 Å².